The van der Waals surface area contributed by atoms with Gasteiger partial charge in [-0.3, -0.25) is 9.78 Å². The number of hydrogen-bond donors (Lipinski definition) is 0. The molecule has 0 aromatic carbocycles. The van der Waals surface area contributed by atoms with E-state index in [1.807, 2.05) is 17.0 Å². The van der Waals surface area contributed by atoms with E-state index in [0.29, 0.717) is 6.54 Å². The number of hydrogen-bond acceptors (Lipinski definition) is 5. The van der Waals surface area contributed by atoms with Gasteiger partial charge in [-0.2, -0.15) is 0 Å². The van der Waals surface area contributed by atoms with Gasteiger partial charge in [-0.05, 0) is 44.2 Å². The molecule has 2 aromatic rings. The number of aromatic nitrogens is 3. The lowest BCUT2D eigenvalue weighted by molar-refractivity contribution is -0.129. The molecule has 26 heavy (non-hydrogen) atoms. The summed E-state index contributed by atoms with van der Waals surface area (Å²) in [5, 5.41) is 0. The van der Waals surface area contributed by atoms with E-state index in [0.717, 1.165) is 74.6 Å². The van der Waals surface area contributed by atoms with Crippen molar-refractivity contribution in [2.75, 3.05) is 31.1 Å². The van der Waals surface area contributed by atoms with E-state index in [-0.39, 0.29) is 5.91 Å². The van der Waals surface area contributed by atoms with E-state index in [1.54, 1.807) is 12.4 Å². The Hall–Kier alpha value is -2.50. The topological polar surface area (TPSA) is 62.2 Å². The molecule has 0 saturated carbocycles. The molecule has 1 aliphatic carbocycles. The first-order valence-electron chi connectivity index (χ1n) is 9.59. The van der Waals surface area contributed by atoms with E-state index in [2.05, 4.69) is 16.8 Å². The van der Waals surface area contributed by atoms with Crippen LogP contribution in [0.2, 0.25) is 0 Å². The van der Waals surface area contributed by atoms with Gasteiger partial charge in [-0.15, -0.1) is 0 Å². The molecule has 0 atom stereocenters. The molecule has 1 saturated heterocycles. The molecule has 4 rings (SSSR count). The summed E-state index contributed by atoms with van der Waals surface area (Å²) in [7, 11) is 0. The van der Waals surface area contributed by atoms with Crippen LogP contribution in [0.4, 0.5) is 5.82 Å². The second-order valence-electron chi connectivity index (χ2n) is 7.04. The molecule has 1 fully saturated rings. The molecule has 3 heterocycles. The fourth-order valence-electron chi connectivity index (χ4n) is 3.91. The van der Waals surface area contributed by atoms with Crippen LogP contribution in [0.15, 0.2) is 24.5 Å². The van der Waals surface area contributed by atoms with E-state index >= 15 is 0 Å². The summed E-state index contributed by atoms with van der Waals surface area (Å²) in [5.41, 5.74) is 3.35. The van der Waals surface area contributed by atoms with Crippen LogP contribution in [0, 0.1) is 0 Å². The van der Waals surface area contributed by atoms with Crippen molar-refractivity contribution in [2.45, 2.75) is 39.0 Å². The van der Waals surface area contributed by atoms with Gasteiger partial charge in [0.25, 0.3) is 0 Å². The summed E-state index contributed by atoms with van der Waals surface area (Å²) in [4.78, 5) is 30.6. The second-order valence-corrected chi connectivity index (χ2v) is 7.04. The molecule has 0 bridgehead atoms. The average molecular weight is 351 g/mol. The van der Waals surface area contributed by atoms with E-state index in [1.165, 1.54) is 5.56 Å². The number of carbonyl (C=O) groups is 1. The van der Waals surface area contributed by atoms with Crippen molar-refractivity contribution >= 4 is 11.7 Å². The van der Waals surface area contributed by atoms with Crippen molar-refractivity contribution in [3.05, 3.63) is 35.8 Å². The van der Waals surface area contributed by atoms with Gasteiger partial charge in [0.2, 0.25) is 5.91 Å². The number of rotatable bonds is 4. The molecule has 0 N–H and O–H groups in total. The van der Waals surface area contributed by atoms with Crippen LogP contribution in [-0.2, 0) is 17.6 Å². The quantitative estimate of drug-likeness (QED) is 0.847. The van der Waals surface area contributed by atoms with Gasteiger partial charge >= 0.3 is 0 Å². The fraction of sp³-hybridized carbons (Fsp3) is 0.500. The number of amides is 1. The molecule has 6 nitrogen and oxygen atoms in total. The number of fused-ring (bicyclic) bond motifs is 1. The normalized spacial score (nSPS) is 17.3. The smallest absolute Gasteiger partial charge is 0.242 e. The van der Waals surface area contributed by atoms with Gasteiger partial charge in [-0.25, -0.2) is 9.97 Å². The fourth-order valence-corrected chi connectivity index (χ4v) is 3.91. The van der Waals surface area contributed by atoms with Gasteiger partial charge in [0.1, 0.15) is 5.82 Å². The molecule has 2 aliphatic rings. The molecular weight excluding hydrogens is 326 g/mol. The first-order valence-corrected chi connectivity index (χ1v) is 9.59. The summed E-state index contributed by atoms with van der Waals surface area (Å²) in [6.45, 7) is 5.09. The van der Waals surface area contributed by atoms with Crippen LogP contribution in [-0.4, -0.2) is 51.9 Å². The number of carbonyl (C=O) groups excluding carboxylic acids is 1. The van der Waals surface area contributed by atoms with Gasteiger partial charge in [0.15, 0.2) is 5.82 Å². The third-order valence-electron chi connectivity index (χ3n) is 5.18. The van der Waals surface area contributed by atoms with E-state index in [9.17, 15) is 4.79 Å². The number of aryl methyl sites for hydroxylation is 1. The molecule has 1 aliphatic heterocycles. The highest BCUT2D eigenvalue weighted by Crippen LogP contribution is 2.31. The van der Waals surface area contributed by atoms with Crippen molar-refractivity contribution in [3.63, 3.8) is 0 Å². The third-order valence-corrected chi connectivity index (χ3v) is 5.18. The van der Waals surface area contributed by atoms with Gasteiger partial charge in [-0.1, -0.05) is 6.92 Å². The molecular formula is C20H25N5O. The largest absolute Gasteiger partial charge is 0.347 e. The Kier molecular flexibility index (Phi) is 4.82. The summed E-state index contributed by atoms with van der Waals surface area (Å²) in [6, 6.07) is 3.88. The van der Waals surface area contributed by atoms with Crippen LogP contribution in [0.3, 0.4) is 0 Å². The lowest BCUT2D eigenvalue weighted by Gasteiger charge is -2.24. The minimum absolute atomic E-state index is 0.208. The zero-order valence-corrected chi connectivity index (χ0v) is 15.3. The molecule has 0 radical (unpaired) electrons. The second kappa shape index (κ2) is 7.40. The third kappa shape index (κ3) is 3.28. The Labute approximate surface area is 154 Å². The zero-order chi connectivity index (χ0) is 17.9. The summed E-state index contributed by atoms with van der Waals surface area (Å²) < 4.78 is 0. The maximum absolute atomic E-state index is 12.7. The lowest BCUT2D eigenvalue weighted by Crippen LogP contribution is -2.37. The summed E-state index contributed by atoms with van der Waals surface area (Å²) >= 11 is 0. The SMILES string of the molecule is CCCN1CCCN(c2nc(-c3ccncc3)nc3c2CCC3)CC1=O. The molecule has 136 valence electrons. The van der Waals surface area contributed by atoms with E-state index < -0.39 is 0 Å². The standard InChI is InChI=1S/C20H25N5O/c1-2-11-24-12-4-13-25(14-18(24)26)20-16-5-3-6-17(16)22-19(23-20)15-7-9-21-10-8-15/h7-10H,2-6,11-14H2,1H3. The average Bonchev–Trinajstić information content (AvgIpc) is 3.07. The molecule has 6 heteroatoms. The number of nitrogens with zero attached hydrogens (tertiary/aromatic N) is 5. The first-order chi connectivity index (χ1) is 12.8. The summed E-state index contributed by atoms with van der Waals surface area (Å²) in [5.74, 6) is 1.91. The van der Waals surface area contributed by atoms with Crippen molar-refractivity contribution in [1.29, 1.82) is 0 Å². The monoisotopic (exact) mass is 351 g/mol. The lowest BCUT2D eigenvalue weighted by atomic mass is 10.2. The zero-order valence-electron chi connectivity index (χ0n) is 15.3. The Balaban J connectivity index is 1.69. The molecule has 0 unspecified atom stereocenters. The molecule has 1 amide bonds. The number of pyridine rings is 1. The van der Waals surface area contributed by atoms with Crippen molar-refractivity contribution in [2.24, 2.45) is 0 Å². The van der Waals surface area contributed by atoms with Crippen LogP contribution in [0.1, 0.15) is 37.4 Å². The number of anilines is 1. The minimum Gasteiger partial charge on any atom is -0.347 e. The maximum Gasteiger partial charge on any atom is 0.242 e. The van der Waals surface area contributed by atoms with Crippen LogP contribution >= 0.6 is 0 Å². The van der Waals surface area contributed by atoms with Crippen molar-refractivity contribution in [1.82, 2.24) is 19.9 Å². The Morgan fingerprint density at radius 1 is 1.08 bits per heavy atom. The van der Waals surface area contributed by atoms with Crippen LogP contribution in [0.5, 0.6) is 0 Å². The first kappa shape index (κ1) is 16.9. The van der Waals surface area contributed by atoms with Gasteiger partial charge in [0.05, 0.1) is 6.54 Å². The highest BCUT2D eigenvalue weighted by Gasteiger charge is 2.27. The van der Waals surface area contributed by atoms with E-state index in [4.69, 9.17) is 9.97 Å². The summed E-state index contributed by atoms with van der Waals surface area (Å²) in [6.07, 6.45) is 8.63. The Morgan fingerprint density at radius 2 is 1.92 bits per heavy atom. The molecule has 0 spiro atoms. The van der Waals surface area contributed by atoms with Crippen LogP contribution in [0.25, 0.3) is 11.4 Å². The maximum atomic E-state index is 12.7. The predicted octanol–water partition coefficient (Wildman–Crippen LogP) is 2.48. The Bertz CT molecular complexity index is 792. The Morgan fingerprint density at radius 3 is 2.73 bits per heavy atom. The highest BCUT2D eigenvalue weighted by molar-refractivity contribution is 5.82. The van der Waals surface area contributed by atoms with Gasteiger partial charge in [0, 0.05) is 48.8 Å². The van der Waals surface area contributed by atoms with Crippen molar-refractivity contribution < 1.29 is 4.79 Å². The van der Waals surface area contributed by atoms with Crippen LogP contribution < -0.4 is 4.90 Å². The van der Waals surface area contributed by atoms with Crippen molar-refractivity contribution in [3.8, 4) is 11.4 Å². The minimum atomic E-state index is 0.208. The predicted molar refractivity (Wildman–Crippen MR) is 101 cm³/mol. The molecule has 2 aromatic heterocycles. The highest BCUT2D eigenvalue weighted by atomic mass is 16.2. The van der Waals surface area contributed by atoms with Gasteiger partial charge < -0.3 is 9.80 Å².